The third kappa shape index (κ3) is 6.07. The molecule has 276 valence electrons. The van der Waals surface area contributed by atoms with Gasteiger partial charge in [0.05, 0.1) is 0 Å². The molecule has 5 fully saturated rings. The molecule has 50 heavy (non-hydrogen) atoms. The molecule has 6 nitrogen and oxygen atoms in total. The van der Waals surface area contributed by atoms with E-state index in [2.05, 4.69) is 105 Å². The number of hydrogen-bond acceptors (Lipinski definition) is 5. The van der Waals surface area contributed by atoms with Crippen molar-refractivity contribution in [3.05, 3.63) is 70.3 Å². The molecule has 2 bridgehead atoms. The van der Waals surface area contributed by atoms with Crippen LogP contribution in [-0.2, 0) is 20.2 Å². The predicted octanol–water partition coefficient (Wildman–Crippen LogP) is 10.2. The summed E-state index contributed by atoms with van der Waals surface area (Å²) >= 11 is -0.0348. The summed E-state index contributed by atoms with van der Waals surface area (Å²) in [5.74, 6) is 1.54. The van der Waals surface area contributed by atoms with Gasteiger partial charge in [0.15, 0.2) is 0 Å². The Morgan fingerprint density at radius 2 is 1.50 bits per heavy atom. The second-order valence-corrected chi connectivity index (χ2v) is 31.1. The number of para-hydroxylation sites is 1. The first-order chi connectivity index (χ1) is 23.2. The second kappa shape index (κ2) is 13.2. The number of rotatable bonds is 13. The molecule has 1 unspecified atom stereocenters. The normalized spacial score (nSPS) is 33.9. The molecule has 5 aliphatic rings. The number of nitro groups is 1. The van der Waals surface area contributed by atoms with Crippen molar-refractivity contribution < 1.29 is 18.5 Å². The maximum absolute atomic E-state index is 12.2. The second-order valence-electron chi connectivity index (χ2n) is 19.3. The van der Waals surface area contributed by atoms with Gasteiger partial charge in [0.1, 0.15) is 0 Å². The Balaban J connectivity index is 1.41. The van der Waals surface area contributed by atoms with Crippen molar-refractivity contribution in [3.8, 4) is 0 Å². The number of ether oxygens (including phenoxy) is 1. The third-order valence-electron chi connectivity index (χ3n) is 14.9. The van der Waals surface area contributed by atoms with Gasteiger partial charge in [-0.1, -0.05) is 0 Å². The minimum atomic E-state index is -2.14. The van der Waals surface area contributed by atoms with Crippen LogP contribution in [0.2, 0.25) is 41.6 Å². The van der Waals surface area contributed by atoms with Crippen LogP contribution in [0.5, 0.6) is 0 Å². The molecule has 2 aromatic carbocycles. The van der Waals surface area contributed by atoms with Crippen molar-refractivity contribution >= 4 is 41.7 Å². The van der Waals surface area contributed by atoms with Crippen molar-refractivity contribution in [1.29, 1.82) is 0 Å². The van der Waals surface area contributed by atoms with Crippen molar-refractivity contribution in [1.82, 2.24) is 0 Å². The Bertz CT molecular complexity index is 1560. The van der Waals surface area contributed by atoms with E-state index >= 15 is 0 Å². The Morgan fingerprint density at radius 1 is 0.900 bits per heavy atom. The van der Waals surface area contributed by atoms with E-state index in [9.17, 15) is 10.1 Å². The molecule has 0 radical (unpaired) electrons. The molecule has 8 atom stereocenters. The van der Waals surface area contributed by atoms with Crippen LogP contribution in [0.15, 0.2) is 54.6 Å². The Morgan fingerprint density at radius 3 is 2.12 bits per heavy atom. The van der Waals surface area contributed by atoms with E-state index in [4.69, 9.17) is 13.6 Å². The molecule has 0 saturated heterocycles. The molecule has 5 aliphatic carbocycles. The van der Waals surface area contributed by atoms with Crippen LogP contribution in [0.4, 0.5) is 5.69 Å². The molecule has 0 aromatic heterocycles. The first kappa shape index (κ1) is 38.4. The summed E-state index contributed by atoms with van der Waals surface area (Å²) in [5.41, 5.74) is 1.63. The standard InChI is InChI=1S/C41H63NO5SeSi2/c1-37(2,3)49(8,9)46-35-22-17-23-39(7)40(31-24-30(31)27-45-26-29-18-13-12-14-19-29)25-36(47-50(10,11)38(4,5)6)41(35,39)34(40)28-48-33-21-16-15-20-32(33)42(43)44/h12-16,18-21,30-31,34-36H,17,22-28H2,1-11H3/t30-,31+,34?,35+,36-,39-,40-,41-/m0/s1. The fourth-order valence-corrected chi connectivity index (χ4v) is 16.0. The monoisotopic (exact) mass is 785 g/mol. The van der Waals surface area contributed by atoms with Crippen LogP contribution in [0.25, 0.3) is 0 Å². The van der Waals surface area contributed by atoms with Crippen LogP contribution < -0.4 is 4.46 Å². The SMILES string of the molecule is CC(C)(C)[Si](C)(C)O[C@H]1C[C@]2([C@@H]3C[C@H]3COCc3ccccc3)C(C[Se]c3ccccc3[N+](=O)[O-])[C@]13[C@H](O[Si](C)(C)C(C)(C)C)CCC[C@]32C. The third-order valence-corrected chi connectivity index (χ3v) is 26.3. The van der Waals surface area contributed by atoms with Crippen molar-refractivity contribution in [2.24, 2.45) is 34.0 Å². The molecule has 0 heterocycles. The number of hydrogen-bond donors (Lipinski definition) is 0. The van der Waals surface area contributed by atoms with Crippen LogP contribution in [0.3, 0.4) is 0 Å². The summed E-state index contributed by atoms with van der Waals surface area (Å²) in [5, 5.41) is 13.4. The summed E-state index contributed by atoms with van der Waals surface area (Å²) in [7, 11) is -4.26. The van der Waals surface area contributed by atoms with Gasteiger partial charge in [0.2, 0.25) is 0 Å². The molecule has 2 aromatic rings. The summed E-state index contributed by atoms with van der Waals surface area (Å²) in [4.78, 5) is 12.0. The van der Waals surface area contributed by atoms with Crippen molar-refractivity contribution in [2.45, 2.75) is 141 Å². The van der Waals surface area contributed by atoms with E-state index < -0.39 is 16.6 Å². The number of benzene rings is 2. The predicted molar refractivity (Wildman–Crippen MR) is 210 cm³/mol. The van der Waals surface area contributed by atoms with E-state index in [-0.39, 0.29) is 64.1 Å². The zero-order valence-corrected chi connectivity index (χ0v) is 36.3. The number of fused-ring (bicyclic) bond motifs is 1. The van der Waals surface area contributed by atoms with Crippen molar-refractivity contribution in [3.63, 3.8) is 0 Å². The van der Waals surface area contributed by atoms with Gasteiger partial charge in [-0.05, 0) is 0 Å². The van der Waals surface area contributed by atoms with Crippen LogP contribution in [0, 0.1) is 44.1 Å². The molecule has 9 heteroatoms. The molecule has 0 aliphatic heterocycles. The zero-order valence-electron chi connectivity index (χ0n) is 32.6. The topological polar surface area (TPSA) is 70.8 Å². The zero-order chi connectivity index (χ0) is 36.5. The maximum atomic E-state index is 12.2. The van der Waals surface area contributed by atoms with Gasteiger partial charge in [-0.3, -0.25) is 0 Å². The van der Waals surface area contributed by atoms with Gasteiger partial charge in [-0.2, -0.15) is 0 Å². The van der Waals surface area contributed by atoms with E-state index in [1.54, 1.807) is 12.1 Å². The van der Waals surface area contributed by atoms with Gasteiger partial charge in [-0.25, -0.2) is 0 Å². The van der Waals surface area contributed by atoms with E-state index in [1.807, 2.05) is 12.1 Å². The van der Waals surface area contributed by atoms with E-state index in [1.165, 1.54) is 24.8 Å². The summed E-state index contributed by atoms with van der Waals surface area (Å²) in [6.45, 7) is 28.0. The van der Waals surface area contributed by atoms with Crippen LogP contribution in [0.1, 0.15) is 86.1 Å². The quantitative estimate of drug-likeness (QED) is 0.115. The van der Waals surface area contributed by atoms with Gasteiger partial charge >= 0.3 is 312 Å². The van der Waals surface area contributed by atoms with Gasteiger partial charge in [0.25, 0.3) is 0 Å². The van der Waals surface area contributed by atoms with Crippen LogP contribution >= 0.6 is 0 Å². The minimum absolute atomic E-state index is 0.0348. The van der Waals surface area contributed by atoms with Crippen LogP contribution in [-0.4, -0.2) is 55.3 Å². The molecular weight excluding hydrogens is 722 g/mol. The summed E-state index contributed by atoms with van der Waals surface area (Å²) in [6, 6.07) is 18.0. The Hall–Kier alpha value is -1.33. The molecule has 0 N–H and O–H groups in total. The average molecular weight is 785 g/mol. The van der Waals surface area contributed by atoms with E-state index in [0.717, 1.165) is 29.2 Å². The molecule has 0 amide bonds. The average Bonchev–Trinajstić information content (AvgIpc) is 3.67. The van der Waals surface area contributed by atoms with E-state index in [0.29, 0.717) is 24.4 Å². The molecule has 1 spiro atoms. The fraction of sp³-hybridized carbons (Fsp3) is 0.707. The van der Waals surface area contributed by atoms with Crippen molar-refractivity contribution in [2.75, 3.05) is 6.61 Å². The molecule has 7 rings (SSSR count). The fourth-order valence-electron chi connectivity index (χ4n) is 10.4. The number of nitro benzene ring substituents is 1. The first-order valence-electron chi connectivity index (χ1n) is 19.1. The number of nitrogens with zero attached hydrogens (tertiary/aromatic N) is 1. The molecular formula is C41H63NO5SeSi2. The van der Waals surface area contributed by atoms with Gasteiger partial charge < -0.3 is 0 Å². The first-order valence-corrected chi connectivity index (χ1v) is 26.9. The Kier molecular flexibility index (Phi) is 10.1. The van der Waals surface area contributed by atoms with Gasteiger partial charge in [-0.15, -0.1) is 0 Å². The van der Waals surface area contributed by atoms with Gasteiger partial charge in [0, 0.05) is 0 Å². The Labute approximate surface area is 310 Å². The summed E-state index contributed by atoms with van der Waals surface area (Å²) in [6.07, 6.45) is 6.06. The molecule has 5 saturated carbocycles. The summed E-state index contributed by atoms with van der Waals surface area (Å²) < 4.78 is 22.8.